The van der Waals surface area contributed by atoms with Crippen LogP contribution in [0.4, 0.5) is 0 Å². The fourth-order valence-electron chi connectivity index (χ4n) is 3.01. The third kappa shape index (κ3) is 3.82. The van der Waals surface area contributed by atoms with Crippen LogP contribution in [0.3, 0.4) is 0 Å². The van der Waals surface area contributed by atoms with Crippen LogP contribution in [0.15, 0.2) is 24.3 Å². The van der Waals surface area contributed by atoms with Crippen LogP contribution < -0.4 is 5.73 Å². The van der Waals surface area contributed by atoms with Gasteiger partial charge in [0.05, 0.1) is 0 Å². The molecule has 1 aromatic rings. The van der Waals surface area contributed by atoms with Gasteiger partial charge in [0, 0.05) is 18.6 Å². The molecule has 0 aliphatic rings. The minimum atomic E-state index is 0.166. The molecule has 1 aromatic carbocycles. The van der Waals surface area contributed by atoms with Crippen molar-refractivity contribution in [3.63, 3.8) is 0 Å². The molecule has 0 radical (unpaired) electrons. The van der Waals surface area contributed by atoms with Gasteiger partial charge in [-0.05, 0) is 37.4 Å². The highest BCUT2D eigenvalue weighted by Gasteiger charge is 2.31. The van der Waals surface area contributed by atoms with Crippen molar-refractivity contribution in [3.05, 3.63) is 35.4 Å². The molecule has 18 heavy (non-hydrogen) atoms. The van der Waals surface area contributed by atoms with Gasteiger partial charge in [0.1, 0.15) is 0 Å². The van der Waals surface area contributed by atoms with Gasteiger partial charge < -0.3 is 5.73 Å². The molecule has 2 unspecified atom stereocenters. The Balaban J connectivity index is 2.86. The number of hydrogen-bond acceptors (Lipinski definition) is 2. The van der Waals surface area contributed by atoms with E-state index in [4.69, 9.17) is 5.73 Å². The zero-order valence-electron chi connectivity index (χ0n) is 12.7. The van der Waals surface area contributed by atoms with E-state index in [2.05, 4.69) is 70.8 Å². The van der Waals surface area contributed by atoms with Gasteiger partial charge in [-0.1, -0.05) is 45.0 Å². The van der Waals surface area contributed by atoms with E-state index < -0.39 is 0 Å². The molecule has 0 aliphatic heterocycles. The molecule has 102 valence electrons. The van der Waals surface area contributed by atoms with E-state index in [0.29, 0.717) is 6.04 Å². The summed E-state index contributed by atoms with van der Waals surface area (Å²) in [5.74, 6) is 0. The van der Waals surface area contributed by atoms with E-state index in [1.165, 1.54) is 11.1 Å². The smallest absolute Gasteiger partial charge is 0.0293 e. The van der Waals surface area contributed by atoms with Crippen molar-refractivity contribution >= 4 is 0 Å². The van der Waals surface area contributed by atoms with Gasteiger partial charge in [-0.15, -0.1) is 0 Å². The van der Waals surface area contributed by atoms with Gasteiger partial charge in [-0.2, -0.15) is 0 Å². The van der Waals surface area contributed by atoms with Crippen molar-refractivity contribution in [1.29, 1.82) is 0 Å². The van der Waals surface area contributed by atoms with Crippen molar-refractivity contribution in [2.24, 2.45) is 11.1 Å². The molecule has 0 spiro atoms. The monoisotopic (exact) mass is 248 g/mol. The van der Waals surface area contributed by atoms with Gasteiger partial charge in [0.15, 0.2) is 0 Å². The molecule has 2 atom stereocenters. The molecule has 0 heterocycles. The molecule has 0 saturated heterocycles. The Labute approximate surface area is 112 Å². The fraction of sp³-hybridized carbons (Fsp3) is 0.625. The molecule has 0 aromatic heterocycles. The second kappa shape index (κ2) is 5.85. The first kappa shape index (κ1) is 15.2. The molecular weight excluding hydrogens is 220 g/mol. The third-order valence-corrected chi connectivity index (χ3v) is 3.54. The Morgan fingerprint density at radius 1 is 1.22 bits per heavy atom. The molecule has 0 saturated carbocycles. The third-order valence-electron chi connectivity index (χ3n) is 3.54. The van der Waals surface area contributed by atoms with Gasteiger partial charge in [0.25, 0.3) is 0 Å². The lowest BCUT2D eigenvalue weighted by molar-refractivity contribution is 0.100. The topological polar surface area (TPSA) is 29.3 Å². The van der Waals surface area contributed by atoms with Crippen LogP contribution >= 0.6 is 0 Å². The Hall–Kier alpha value is -0.860. The van der Waals surface area contributed by atoms with Crippen molar-refractivity contribution < 1.29 is 0 Å². The molecule has 0 amide bonds. The molecule has 1 rings (SSSR count). The van der Waals surface area contributed by atoms with E-state index in [9.17, 15) is 0 Å². The number of nitrogens with zero attached hydrogens (tertiary/aromatic N) is 1. The van der Waals surface area contributed by atoms with E-state index in [1.807, 2.05) is 0 Å². The zero-order valence-corrected chi connectivity index (χ0v) is 12.7. The maximum absolute atomic E-state index is 6.17. The predicted octanol–water partition coefficient (Wildman–Crippen LogP) is 3.19. The number of benzene rings is 1. The Kier molecular flexibility index (Phi) is 4.94. The fourth-order valence-corrected chi connectivity index (χ4v) is 3.01. The van der Waals surface area contributed by atoms with Crippen molar-refractivity contribution in [3.8, 4) is 0 Å². The van der Waals surface area contributed by atoms with Crippen molar-refractivity contribution in [2.75, 3.05) is 7.05 Å². The van der Waals surface area contributed by atoms with Gasteiger partial charge >= 0.3 is 0 Å². The Morgan fingerprint density at radius 3 is 2.22 bits per heavy atom. The van der Waals surface area contributed by atoms with E-state index in [1.54, 1.807) is 0 Å². The lowest BCUT2D eigenvalue weighted by Crippen LogP contribution is -2.51. The first-order valence-corrected chi connectivity index (χ1v) is 6.74. The van der Waals surface area contributed by atoms with Gasteiger partial charge in [0.2, 0.25) is 0 Å². The molecule has 0 bridgehead atoms. The van der Waals surface area contributed by atoms with Crippen LogP contribution in [0, 0.1) is 12.3 Å². The summed E-state index contributed by atoms with van der Waals surface area (Å²) in [6.45, 7) is 12.0. The molecule has 2 N–H and O–H groups in total. The van der Waals surface area contributed by atoms with Crippen LogP contribution in [0.1, 0.15) is 38.8 Å². The molecular formula is C16H28N2. The molecule has 0 aliphatic carbocycles. The maximum Gasteiger partial charge on any atom is 0.0293 e. The molecule has 0 fully saturated rings. The number of hydrogen-bond donors (Lipinski definition) is 1. The summed E-state index contributed by atoms with van der Waals surface area (Å²) in [5, 5.41) is 0. The minimum Gasteiger partial charge on any atom is -0.327 e. The molecule has 2 nitrogen and oxygen atoms in total. The second-order valence-electron chi connectivity index (χ2n) is 6.51. The summed E-state index contributed by atoms with van der Waals surface area (Å²) in [5.41, 5.74) is 9.09. The predicted molar refractivity (Wildman–Crippen MR) is 79.5 cm³/mol. The Morgan fingerprint density at radius 2 is 1.78 bits per heavy atom. The highest BCUT2D eigenvalue weighted by Crippen LogP contribution is 2.27. The van der Waals surface area contributed by atoms with Gasteiger partial charge in [-0.3, -0.25) is 4.90 Å². The largest absolute Gasteiger partial charge is 0.327 e. The second-order valence-corrected chi connectivity index (χ2v) is 6.51. The summed E-state index contributed by atoms with van der Waals surface area (Å²) in [7, 11) is 2.17. The average molecular weight is 248 g/mol. The SMILES string of the molecule is Cc1ccccc1CN(C)C(C(C)N)C(C)(C)C. The zero-order chi connectivity index (χ0) is 13.9. The lowest BCUT2D eigenvalue weighted by Gasteiger charge is -2.41. The van der Waals surface area contributed by atoms with E-state index in [-0.39, 0.29) is 11.5 Å². The standard InChI is InChI=1S/C16H28N2/c1-12-9-7-8-10-14(12)11-18(6)15(13(2)17)16(3,4)5/h7-10,13,15H,11,17H2,1-6H3. The van der Waals surface area contributed by atoms with E-state index >= 15 is 0 Å². The number of rotatable bonds is 4. The van der Waals surface area contributed by atoms with Crippen molar-refractivity contribution in [2.45, 2.75) is 53.2 Å². The lowest BCUT2D eigenvalue weighted by atomic mass is 9.82. The number of likely N-dealkylation sites (N-methyl/N-ethyl adjacent to an activating group) is 1. The first-order valence-electron chi connectivity index (χ1n) is 6.74. The number of aryl methyl sites for hydroxylation is 1. The number of nitrogens with two attached hydrogens (primary N) is 1. The van der Waals surface area contributed by atoms with Crippen LogP contribution in [-0.2, 0) is 6.54 Å². The maximum atomic E-state index is 6.17. The van der Waals surface area contributed by atoms with Gasteiger partial charge in [-0.25, -0.2) is 0 Å². The quantitative estimate of drug-likeness (QED) is 0.886. The Bertz CT molecular complexity index is 377. The summed E-state index contributed by atoms with van der Waals surface area (Å²) in [4.78, 5) is 2.38. The molecule has 2 heteroatoms. The highest BCUT2D eigenvalue weighted by molar-refractivity contribution is 5.25. The first-order chi connectivity index (χ1) is 8.23. The summed E-state index contributed by atoms with van der Waals surface area (Å²) in [6.07, 6.45) is 0. The van der Waals surface area contributed by atoms with Crippen LogP contribution in [0.25, 0.3) is 0 Å². The average Bonchev–Trinajstić information content (AvgIpc) is 2.18. The van der Waals surface area contributed by atoms with Crippen LogP contribution in [-0.4, -0.2) is 24.0 Å². The van der Waals surface area contributed by atoms with E-state index in [0.717, 1.165) is 6.54 Å². The van der Waals surface area contributed by atoms with Crippen LogP contribution in [0.5, 0.6) is 0 Å². The minimum absolute atomic E-state index is 0.166. The van der Waals surface area contributed by atoms with Crippen LogP contribution in [0.2, 0.25) is 0 Å². The normalized spacial score (nSPS) is 15.8. The highest BCUT2D eigenvalue weighted by atomic mass is 15.2. The summed E-state index contributed by atoms with van der Waals surface area (Å²) >= 11 is 0. The summed E-state index contributed by atoms with van der Waals surface area (Å²) < 4.78 is 0. The summed E-state index contributed by atoms with van der Waals surface area (Å²) in [6, 6.07) is 9.10. The van der Waals surface area contributed by atoms with Crippen molar-refractivity contribution in [1.82, 2.24) is 4.90 Å².